The first-order valence-electron chi connectivity index (χ1n) is 6.83. The molecule has 0 bridgehead atoms. The second kappa shape index (κ2) is 6.49. The number of hydrogen-bond donors (Lipinski definition) is 2. The molecule has 110 valence electrons. The number of nitrogens with one attached hydrogen (secondary N) is 1. The molecule has 0 saturated carbocycles. The third-order valence-corrected chi connectivity index (χ3v) is 3.53. The highest BCUT2D eigenvalue weighted by molar-refractivity contribution is 6.29. The van der Waals surface area contributed by atoms with Gasteiger partial charge in [-0.2, -0.15) is 0 Å². The van der Waals surface area contributed by atoms with Crippen LogP contribution in [-0.4, -0.2) is 34.8 Å². The van der Waals surface area contributed by atoms with Crippen LogP contribution in [0.4, 0.5) is 0 Å². The molecule has 5 nitrogen and oxygen atoms in total. The van der Waals surface area contributed by atoms with E-state index in [4.69, 9.17) is 16.3 Å². The van der Waals surface area contributed by atoms with Crippen LogP contribution in [0, 0.1) is 0 Å². The van der Waals surface area contributed by atoms with Gasteiger partial charge in [-0.15, -0.1) is 0 Å². The molecule has 1 unspecified atom stereocenters. The number of hydrogen-bond acceptors (Lipinski definition) is 5. The molecule has 0 aliphatic carbocycles. The molecule has 6 heteroatoms. The van der Waals surface area contributed by atoms with Crippen molar-refractivity contribution in [3.63, 3.8) is 0 Å². The number of benzene rings is 1. The Morgan fingerprint density at radius 1 is 1.33 bits per heavy atom. The van der Waals surface area contributed by atoms with Crippen molar-refractivity contribution in [3.8, 4) is 11.4 Å². The van der Waals surface area contributed by atoms with E-state index in [1.807, 2.05) is 24.3 Å². The van der Waals surface area contributed by atoms with Crippen LogP contribution in [0.25, 0.3) is 11.4 Å². The lowest BCUT2D eigenvalue weighted by molar-refractivity contribution is 0.0250. The summed E-state index contributed by atoms with van der Waals surface area (Å²) >= 11 is 6.12. The minimum absolute atomic E-state index is 0.0169. The Morgan fingerprint density at radius 2 is 2.24 bits per heavy atom. The molecule has 0 radical (unpaired) electrons. The summed E-state index contributed by atoms with van der Waals surface area (Å²) in [5, 5.41) is 12.9. The number of aromatic nitrogens is 2. The molecule has 1 fully saturated rings. The van der Waals surface area contributed by atoms with Gasteiger partial charge in [0.2, 0.25) is 0 Å². The summed E-state index contributed by atoms with van der Waals surface area (Å²) in [6, 6.07) is 9.20. The lowest BCUT2D eigenvalue weighted by atomic mass is 10.1. The normalized spacial score (nSPS) is 18.7. The fourth-order valence-electron chi connectivity index (χ4n) is 2.29. The fraction of sp³-hybridized carbons (Fsp3) is 0.333. The van der Waals surface area contributed by atoms with Crippen LogP contribution < -0.4 is 5.32 Å². The summed E-state index contributed by atoms with van der Waals surface area (Å²) in [4.78, 5) is 8.83. The van der Waals surface area contributed by atoms with E-state index in [9.17, 15) is 5.11 Å². The van der Waals surface area contributed by atoms with Crippen molar-refractivity contribution in [1.82, 2.24) is 15.3 Å². The van der Waals surface area contributed by atoms with E-state index in [1.54, 1.807) is 6.07 Å². The van der Waals surface area contributed by atoms with Gasteiger partial charge in [-0.05, 0) is 17.7 Å². The van der Waals surface area contributed by atoms with Gasteiger partial charge in [0.1, 0.15) is 11.3 Å². The zero-order chi connectivity index (χ0) is 14.7. The summed E-state index contributed by atoms with van der Waals surface area (Å²) in [6.45, 7) is 2.20. The number of halogens is 1. The van der Waals surface area contributed by atoms with E-state index in [1.165, 1.54) is 0 Å². The average Bonchev–Trinajstić information content (AvgIpc) is 2.55. The van der Waals surface area contributed by atoms with Crippen LogP contribution in [0.2, 0.25) is 5.15 Å². The first-order chi connectivity index (χ1) is 10.3. The quantitative estimate of drug-likeness (QED) is 0.849. The number of rotatable bonds is 3. The van der Waals surface area contributed by atoms with Crippen LogP contribution in [0.1, 0.15) is 17.4 Å². The highest BCUT2D eigenvalue weighted by Crippen LogP contribution is 2.24. The van der Waals surface area contributed by atoms with E-state index >= 15 is 0 Å². The topological polar surface area (TPSA) is 67.3 Å². The zero-order valence-corrected chi connectivity index (χ0v) is 12.2. The van der Waals surface area contributed by atoms with E-state index in [-0.39, 0.29) is 12.7 Å². The molecule has 2 N–H and O–H groups in total. The van der Waals surface area contributed by atoms with Crippen molar-refractivity contribution in [2.75, 3.05) is 19.7 Å². The van der Waals surface area contributed by atoms with E-state index in [2.05, 4.69) is 15.3 Å². The van der Waals surface area contributed by atoms with Gasteiger partial charge in [0.25, 0.3) is 0 Å². The molecule has 0 amide bonds. The van der Waals surface area contributed by atoms with Crippen molar-refractivity contribution in [2.45, 2.75) is 12.7 Å². The highest BCUT2D eigenvalue weighted by Gasteiger charge is 2.19. The number of nitrogens with zero attached hydrogens (tertiary/aromatic N) is 2. The van der Waals surface area contributed by atoms with Crippen molar-refractivity contribution in [2.24, 2.45) is 0 Å². The molecule has 1 saturated heterocycles. The maximum absolute atomic E-state index is 9.23. The fourth-order valence-corrected chi connectivity index (χ4v) is 2.49. The van der Waals surface area contributed by atoms with Gasteiger partial charge in [-0.1, -0.05) is 29.8 Å². The number of morpholine rings is 1. The number of aliphatic hydroxyl groups excluding tert-OH is 1. The first-order valence-corrected chi connectivity index (χ1v) is 7.21. The molecule has 1 atom stereocenters. The Bertz CT molecular complexity index is 630. The van der Waals surface area contributed by atoms with Gasteiger partial charge in [0, 0.05) is 18.7 Å². The monoisotopic (exact) mass is 305 g/mol. The second-order valence-electron chi connectivity index (χ2n) is 4.86. The van der Waals surface area contributed by atoms with Crippen LogP contribution >= 0.6 is 11.6 Å². The van der Waals surface area contributed by atoms with Gasteiger partial charge in [-0.25, -0.2) is 9.97 Å². The van der Waals surface area contributed by atoms with E-state index in [0.717, 1.165) is 23.4 Å². The Labute approximate surface area is 128 Å². The standard InChI is InChI=1S/C15H16ClN3O2/c16-14-7-12(13-8-17-4-5-21-13)18-15(19-14)11-3-1-2-10(6-11)9-20/h1-3,6-7,13,17,20H,4-5,8-9H2. The predicted octanol–water partition coefficient (Wildman–Crippen LogP) is 1.95. The zero-order valence-electron chi connectivity index (χ0n) is 11.4. The summed E-state index contributed by atoms with van der Waals surface area (Å²) in [6.07, 6.45) is -0.112. The summed E-state index contributed by atoms with van der Waals surface area (Å²) in [5.41, 5.74) is 2.41. The molecule has 2 aromatic rings. The Balaban J connectivity index is 1.96. The van der Waals surface area contributed by atoms with Crippen molar-refractivity contribution < 1.29 is 9.84 Å². The Hall–Kier alpha value is -1.53. The summed E-state index contributed by atoms with van der Waals surface area (Å²) in [7, 11) is 0. The maximum atomic E-state index is 9.23. The molecule has 21 heavy (non-hydrogen) atoms. The molecule has 3 rings (SSSR count). The maximum Gasteiger partial charge on any atom is 0.161 e. The average molecular weight is 306 g/mol. The molecule has 1 aromatic heterocycles. The second-order valence-corrected chi connectivity index (χ2v) is 5.25. The number of aliphatic hydroxyl groups is 1. The summed E-state index contributed by atoms with van der Waals surface area (Å²) < 4.78 is 5.70. The van der Waals surface area contributed by atoms with Crippen LogP contribution in [0.5, 0.6) is 0 Å². The molecular formula is C15H16ClN3O2. The van der Waals surface area contributed by atoms with Gasteiger partial charge in [0.15, 0.2) is 5.82 Å². The predicted molar refractivity (Wildman–Crippen MR) is 80.0 cm³/mol. The lowest BCUT2D eigenvalue weighted by Crippen LogP contribution is -2.33. The SMILES string of the molecule is OCc1cccc(-c2nc(Cl)cc(C3CNCCO3)n2)c1. The molecule has 2 heterocycles. The minimum Gasteiger partial charge on any atom is -0.392 e. The van der Waals surface area contributed by atoms with Crippen LogP contribution in [-0.2, 0) is 11.3 Å². The van der Waals surface area contributed by atoms with Gasteiger partial charge in [0.05, 0.1) is 18.9 Å². The van der Waals surface area contributed by atoms with Crippen LogP contribution in [0.15, 0.2) is 30.3 Å². The largest absolute Gasteiger partial charge is 0.392 e. The summed E-state index contributed by atoms with van der Waals surface area (Å²) in [5.74, 6) is 0.543. The van der Waals surface area contributed by atoms with Gasteiger partial charge in [-0.3, -0.25) is 0 Å². The number of ether oxygens (including phenoxy) is 1. The Kier molecular flexibility index (Phi) is 4.45. The minimum atomic E-state index is -0.112. The lowest BCUT2D eigenvalue weighted by Gasteiger charge is -2.23. The smallest absolute Gasteiger partial charge is 0.161 e. The third-order valence-electron chi connectivity index (χ3n) is 3.34. The van der Waals surface area contributed by atoms with Crippen molar-refractivity contribution in [3.05, 3.63) is 46.7 Å². The van der Waals surface area contributed by atoms with E-state index < -0.39 is 0 Å². The molecule has 1 aliphatic heterocycles. The first kappa shape index (κ1) is 14.4. The van der Waals surface area contributed by atoms with E-state index in [0.29, 0.717) is 24.1 Å². The van der Waals surface area contributed by atoms with Crippen molar-refractivity contribution >= 4 is 11.6 Å². The molecular weight excluding hydrogens is 290 g/mol. The highest BCUT2D eigenvalue weighted by atomic mass is 35.5. The molecule has 1 aliphatic rings. The van der Waals surface area contributed by atoms with Gasteiger partial charge < -0.3 is 15.2 Å². The molecule has 1 aromatic carbocycles. The van der Waals surface area contributed by atoms with Crippen molar-refractivity contribution in [1.29, 1.82) is 0 Å². The van der Waals surface area contributed by atoms with Crippen LogP contribution in [0.3, 0.4) is 0 Å². The Morgan fingerprint density at radius 3 is 3.00 bits per heavy atom. The third kappa shape index (κ3) is 3.39. The van der Waals surface area contributed by atoms with Gasteiger partial charge >= 0.3 is 0 Å². The molecule has 0 spiro atoms.